The highest BCUT2D eigenvalue weighted by Crippen LogP contribution is 2.26. The van der Waals surface area contributed by atoms with Gasteiger partial charge >= 0.3 is 0 Å². The minimum atomic E-state index is 0. The van der Waals surface area contributed by atoms with E-state index in [4.69, 9.17) is 4.74 Å². The molecule has 1 saturated heterocycles. The van der Waals surface area contributed by atoms with Crippen LogP contribution in [0.25, 0.3) is 0 Å². The van der Waals surface area contributed by atoms with Crippen molar-refractivity contribution in [3.63, 3.8) is 0 Å². The number of nitrogens with zero attached hydrogens (tertiary/aromatic N) is 4. The normalized spacial score (nSPS) is 19.6. The van der Waals surface area contributed by atoms with Crippen LogP contribution in [-0.4, -0.2) is 60.0 Å². The third-order valence-electron chi connectivity index (χ3n) is 5.38. The average Bonchev–Trinajstić information content (AvgIpc) is 3.29. The lowest BCUT2D eigenvalue weighted by Gasteiger charge is -2.34. The molecule has 0 radical (unpaired) electrons. The fourth-order valence-corrected chi connectivity index (χ4v) is 3.89. The van der Waals surface area contributed by atoms with E-state index < -0.39 is 0 Å². The Hall–Kier alpha value is -0.830. The van der Waals surface area contributed by atoms with Gasteiger partial charge in [0.1, 0.15) is 0 Å². The van der Waals surface area contributed by atoms with E-state index in [-0.39, 0.29) is 24.0 Å². The molecular weight excluding hydrogens is 441 g/mol. The summed E-state index contributed by atoms with van der Waals surface area (Å²) in [6.07, 6.45) is 12.1. The molecule has 0 unspecified atom stereocenters. The maximum atomic E-state index is 6.17. The predicted molar refractivity (Wildman–Crippen MR) is 116 cm³/mol. The van der Waals surface area contributed by atoms with Crippen LogP contribution in [-0.2, 0) is 11.3 Å². The first-order chi connectivity index (χ1) is 12.2. The van der Waals surface area contributed by atoms with Gasteiger partial charge in [-0.15, -0.1) is 24.0 Å². The molecule has 2 fully saturated rings. The van der Waals surface area contributed by atoms with Crippen LogP contribution in [0.4, 0.5) is 0 Å². The molecule has 1 aromatic heterocycles. The van der Waals surface area contributed by atoms with Crippen LogP contribution in [0.5, 0.6) is 0 Å². The summed E-state index contributed by atoms with van der Waals surface area (Å²) in [7, 11) is 1.86. The highest BCUT2D eigenvalue weighted by atomic mass is 127. The van der Waals surface area contributed by atoms with Gasteiger partial charge in [0.25, 0.3) is 0 Å². The Morgan fingerprint density at radius 1 is 1.27 bits per heavy atom. The lowest BCUT2D eigenvalue weighted by molar-refractivity contribution is 0.00102. The Balaban J connectivity index is 0.00000243. The summed E-state index contributed by atoms with van der Waals surface area (Å²) in [5, 5.41) is 7.78. The van der Waals surface area contributed by atoms with Crippen molar-refractivity contribution in [2.75, 3.05) is 33.3 Å². The summed E-state index contributed by atoms with van der Waals surface area (Å²) in [5.74, 6) is 1.82. The lowest BCUT2D eigenvalue weighted by atomic mass is 10.1. The van der Waals surface area contributed by atoms with E-state index in [1.165, 1.54) is 31.2 Å². The molecule has 2 aliphatic rings. The number of guanidine groups is 1. The fourth-order valence-electron chi connectivity index (χ4n) is 3.89. The van der Waals surface area contributed by atoms with E-state index in [1.807, 2.05) is 17.9 Å². The van der Waals surface area contributed by atoms with Crippen LogP contribution in [0.2, 0.25) is 0 Å². The molecule has 1 aliphatic heterocycles. The minimum absolute atomic E-state index is 0. The number of piperidine rings is 1. The van der Waals surface area contributed by atoms with Gasteiger partial charge in [0.05, 0.1) is 18.8 Å². The van der Waals surface area contributed by atoms with Gasteiger partial charge in [0, 0.05) is 39.5 Å². The number of aromatic nitrogens is 2. The van der Waals surface area contributed by atoms with Gasteiger partial charge in [-0.05, 0) is 44.1 Å². The number of ether oxygens (including phenoxy) is 1. The second kappa shape index (κ2) is 11.1. The van der Waals surface area contributed by atoms with Crippen molar-refractivity contribution >= 4 is 29.9 Å². The predicted octanol–water partition coefficient (Wildman–Crippen LogP) is 3.06. The lowest BCUT2D eigenvalue weighted by Crippen LogP contribution is -2.47. The Morgan fingerprint density at radius 3 is 2.62 bits per heavy atom. The first kappa shape index (κ1) is 21.5. The number of likely N-dealkylation sites (tertiary alicyclic amines) is 1. The summed E-state index contributed by atoms with van der Waals surface area (Å²) in [4.78, 5) is 6.79. The van der Waals surface area contributed by atoms with Crippen molar-refractivity contribution in [3.8, 4) is 0 Å². The van der Waals surface area contributed by atoms with Crippen LogP contribution in [0.1, 0.15) is 44.1 Å². The van der Waals surface area contributed by atoms with E-state index in [1.54, 1.807) is 0 Å². The van der Waals surface area contributed by atoms with Crippen molar-refractivity contribution < 1.29 is 4.74 Å². The van der Waals surface area contributed by atoms with Crippen LogP contribution in [0, 0.1) is 12.8 Å². The smallest absolute Gasteiger partial charge is 0.193 e. The van der Waals surface area contributed by atoms with Gasteiger partial charge in [-0.2, -0.15) is 5.10 Å². The largest absolute Gasteiger partial charge is 0.378 e. The highest BCUT2D eigenvalue weighted by molar-refractivity contribution is 14.0. The number of aryl methyl sites for hydroxylation is 1. The van der Waals surface area contributed by atoms with Crippen LogP contribution >= 0.6 is 24.0 Å². The number of hydrogen-bond acceptors (Lipinski definition) is 3. The molecule has 26 heavy (non-hydrogen) atoms. The molecular formula is C19H34IN5O. The minimum Gasteiger partial charge on any atom is -0.378 e. The molecule has 0 aromatic carbocycles. The summed E-state index contributed by atoms with van der Waals surface area (Å²) in [6.45, 7) is 6.78. The second-order valence-electron chi connectivity index (χ2n) is 7.42. The zero-order valence-electron chi connectivity index (χ0n) is 16.2. The standard InChI is InChI=1S/C19H33N5O.HI/c1-16-13-22-24(14-16)12-9-21-19(20-2)23-10-7-18(8-11-23)25-15-17-5-3-4-6-17;/h13-14,17-18H,3-12,15H2,1-2H3,(H,20,21);1H. The van der Waals surface area contributed by atoms with Crippen molar-refractivity contribution in [3.05, 3.63) is 18.0 Å². The molecule has 1 N–H and O–H groups in total. The number of hydrogen-bond donors (Lipinski definition) is 1. The molecule has 2 heterocycles. The number of halogens is 1. The zero-order valence-corrected chi connectivity index (χ0v) is 18.5. The van der Waals surface area contributed by atoms with E-state index in [0.717, 1.165) is 57.5 Å². The van der Waals surface area contributed by atoms with E-state index in [0.29, 0.717) is 6.10 Å². The maximum Gasteiger partial charge on any atom is 0.193 e. The van der Waals surface area contributed by atoms with Crippen molar-refractivity contribution in [2.45, 2.75) is 58.1 Å². The summed E-state index contributed by atoms with van der Waals surface area (Å²) in [6, 6.07) is 0. The monoisotopic (exact) mass is 475 g/mol. The third kappa shape index (κ3) is 6.40. The molecule has 0 amide bonds. The topological polar surface area (TPSA) is 54.7 Å². The van der Waals surface area contributed by atoms with Crippen LogP contribution in [0.15, 0.2) is 17.4 Å². The van der Waals surface area contributed by atoms with E-state index in [9.17, 15) is 0 Å². The Kier molecular flexibility index (Phi) is 9.18. The fraction of sp³-hybridized carbons (Fsp3) is 0.789. The average molecular weight is 475 g/mol. The van der Waals surface area contributed by atoms with Crippen molar-refractivity contribution in [1.29, 1.82) is 0 Å². The number of aliphatic imine (C=N–C) groups is 1. The van der Waals surface area contributed by atoms with Gasteiger partial charge in [0.15, 0.2) is 5.96 Å². The molecule has 0 bridgehead atoms. The maximum absolute atomic E-state index is 6.17. The summed E-state index contributed by atoms with van der Waals surface area (Å²) >= 11 is 0. The zero-order chi connectivity index (χ0) is 17.5. The van der Waals surface area contributed by atoms with Crippen LogP contribution < -0.4 is 5.32 Å². The van der Waals surface area contributed by atoms with Crippen molar-refractivity contribution in [2.24, 2.45) is 10.9 Å². The Bertz CT molecular complexity index is 548. The molecule has 1 aliphatic carbocycles. The highest BCUT2D eigenvalue weighted by Gasteiger charge is 2.23. The number of rotatable bonds is 6. The first-order valence-electron chi connectivity index (χ1n) is 9.81. The second-order valence-corrected chi connectivity index (χ2v) is 7.42. The van der Waals surface area contributed by atoms with Crippen LogP contribution in [0.3, 0.4) is 0 Å². The Morgan fingerprint density at radius 2 is 2.00 bits per heavy atom. The van der Waals surface area contributed by atoms with Gasteiger partial charge in [0.2, 0.25) is 0 Å². The molecule has 0 atom stereocenters. The summed E-state index contributed by atoms with van der Waals surface area (Å²) in [5.41, 5.74) is 1.20. The van der Waals surface area contributed by atoms with Crippen molar-refractivity contribution in [1.82, 2.24) is 20.0 Å². The summed E-state index contributed by atoms with van der Waals surface area (Å²) < 4.78 is 8.14. The van der Waals surface area contributed by atoms with Gasteiger partial charge < -0.3 is 15.0 Å². The van der Waals surface area contributed by atoms with E-state index in [2.05, 4.69) is 33.4 Å². The van der Waals surface area contributed by atoms with E-state index >= 15 is 0 Å². The van der Waals surface area contributed by atoms with Gasteiger partial charge in [-0.1, -0.05) is 12.8 Å². The molecule has 3 rings (SSSR count). The molecule has 1 aromatic rings. The van der Waals surface area contributed by atoms with Gasteiger partial charge in [-0.25, -0.2) is 0 Å². The first-order valence-corrected chi connectivity index (χ1v) is 9.81. The molecule has 0 spiro atoms. The third-order valence-corrected chi connectivity index (χ3v) is 5.38. The number of nitrogens with one attached hydrogen (secondary N) is 1. The Labute approximate surface area is 174 Å². The quantitative estimate of drug-likeness (QED) is 0.391. The molecule has 6 nitrogen and oxygen atoms in total. The molecule has 7 heteroatoms. The molecule has 148 valence electrons. The van der Waals surface area contributed by atoms with Gasteiger partial charge in [-0.3, -0.25) is 9.67 Å². The molecule has 1 saturated carbocycles. The SMILES string of the molecule is CN=C(NCCn1cc(C)cn1)N1CCC(OCC2CCCC2)CC1.I.